The molecule has 2 aliphatic rings. The standard InChI is InChI=1S/C17H33N3O3/c1-14-12-20(13-15(2)23-14)11-5-4-8-19-16(21)17(22-3)6-9-18-10-7-17/h14-15,18H,4-13H2,1-3H3,(H,19,21). The van der Waals surface area contributed by atoms with Gasteiger partial charge in [0.25, 0.3) is 5.91 Å². The van der Waals surface area contributed by atoms with Crippen LogP contribution >= 0.6 is 0 Å². The maximum absolute atomic E-state index is 12.4. The summed E-state index contributed by atoms with van der Waals surface area (Å²) in [7, 11) is 1.64. The molecule has 0 bridgehead atoms. The van der Waals surface area contributed by atoms with Gasteiger partial charge in [-0.25, -0.2) is 0 Å². The largest absolute Gasteiger partial charge is 0.373 e. The number of ether oxygens (including phenoxy) is 2. The number of nitrogens with one attached hydrogen (secondary N) is 2. The highest BCUT2D eigenvalue weighted by Gasteiger charge is 2.39. The van der Waals surface area contributed by atoms with Crippen LogP contribution in [0.3, 0.4) is 0 Å². The Morgan fingerprint density at radius 2 is 1.91 bits per heavy atom. The molecule has 6 heteroatoms. The fourth-order valence-corrected chi connectivity index (χ4v) is 3.64. The van der Waals surface area contributed by atoms with Crippen LogP contribution in [-0.2, 0) is 14.3 Å². The van der Waals surface area contributed by atoms with Gasteiger partial charge in [-0.1, -0.05) is 0 Å². The Hall–Kier alpha value is -0.690. The maximum atomic E-state index is 12.4. The van der Waals surface area contributed by atoms with Gasteiger partial charge in [0.2, 0.25) is 0 Å². The van der Waals surface area contributed by atoms with Crippen molar-refractivity contribution in [1.29, 1.82) is 0 Å². The first-order valence-electron chi connectivity index (χ1n) is 8.98. The van der Waals surface area contributed by atoms with Crippen LogP contribution in [0.4, 0.5) is 0 Å². The summed E-state index contributed by atoms with van der Waals surface area (Å²) in [6.45, 7) is 9.77. The number of amides is 1. The van der Waals surface area contributed by atoms with Crippen molar-refractivity contribution in [3.63, 3.8) is 0 Å². The van der Waals surface area contributed by atoms with E-state index < -0.39 is 5.60 Å². The van der Waals surface area contributed by atoms with Crippen LogP contribution in [0.15, 0.2) is 0 Å². The van der Waals surface area contributed by atoms with Crippen molar-refractivity contribution in [2.45, 2.75) is 57.3 Å². The molecule has 2 heterocycles. The molecule has 0 aromatic heterocycles. The summed E-state index contributed by atoms with van der Waals surface area (Å²) in [5.41, 5.74) is -0.625. The second kappa shape index (κ2) is 8.97. The zero-order valence-electron chi connectivity index (χ0n) is 14.9. The fourth-order valence-electron chi connectivity index (χ4n) is 3.64. The van der Waals surface area contributed by atoms with E-state index >= 15 is 0 Å². The van der Waals surface area contributed by atoms with Crippen LogP contribution in [0, 0.1) is 0 Å². The number of hydrogen-bond acceptors (Lipinski definition) is 5. The molecule has 2 unspecified atom stereocenters. The summed E-state index contributed by atoms with van der Waals surface area (Å²) < 4.78 is 11.3. The topological polar surface area (TPSA) is 62.8 Å². The molecule has 2 fully saturated rings. The second-order valence-electron chi connectivity index (χ2n) is 6.93. The minimum atomic E-state index is -0.625. The average Bonchev–Trinajstić information content (AvgIpc) is 2.54. The summed E-state index contributed by atoms with van der Waals surface area (Å²) in [5, 5.41) is 6.34. The van der Waals surface area contributed by atoms with E-state index in [2.05, 4.69) is 29.4 Å². The van der Waals surface area contributed by atoms with Crippen molar-refractivity contribution in [2.24, 2.45) is 0 Å². The summed E-state index contributed by atoms with van der Waals surface area (Å²) in [5.74, 6) is 0.0510. The Kier molecular flexibility index (Phi) is 7.27. The van der Waals surface area contributed by atoms with Crippen molar-refractivity contribution in [2.75, 3.05) is 46.4 Å². The minimum Gasteiger partial charge on any atom is -0.373 e. The predicted octanol–water partition coefficient (Wildman–Crippen LogP) is 0.761. The molecule has 2 N–H and O–H groups in total. The molecule has 134 valence electrons. The molecule has 2 atom stereocenters. The van der Waals surface area contributed by atoms with E-state index in [1.165, 1.54) is 0 Å². The molecule has 2 aliphatic heterocycles. The van der Waals surface area contributed by atoms with E-state index in [0.717, 1.165) is 65.0 Å². The van der Waals surface area contributed by atoms with E-state index in [1.807, 2.05) is 0 Å². The van der Waals surface area contributed by atoms with Crippen LogP contribution < -0.4 is 10.6 Å². The monoisotopic (exact) mass is 327 g/mol. The van der Waals surface area contributed by atoms with E-state index in [1.54, 1.807) is 7.11 Å². The number of carbonyl (C=O) groups excluding carboxylic acids is 1. The van der Waals surface area contributed by atoms with E-state index in [0.29, 0.717) is 12.2 Å². The molecule has 6 nitrogen and oxygen atoms in total. The van der Waals surface area contributed by atoms with Gasteiger partial charge in [-0.15, -0.1) is 0 Å². The third-order valence-corrected chi connectivity index (χ3v) is 4.90. The molecule has 0 aliphatic carbocycles. The molecular weight excluding hydrogens is 294 g/mol. The highest BCUT2D eigenvalue weighted by molar-refractivity contribution is 5.85. The van der Waals surface area contributed by atoms with E-state index in [9.17, 15) is 4.79 Å². The van der Waals surface area contributed by atoms with E-state index in [-0.39, 0.29) is 5.91 Å². The number of nitrogens with zero attached hydrogens (tertiary/aromatic N) is 1. The van der Waals surface area contributed by atoms with Crippen molar-refractivity contribution < 1.29 is 14.3 Å². The first-order chi connectivity index (χ1) is 11.1. The Labute approximate surface area is 140 Å². The van der Waals surface area contributed by atoms with Gasteiger partial charge < -0.3 is 20.1 Å². The van der Waals surface area contributed by atoms with Crippen LogP contribution in [0.5, 0.6) is 0 Å². The lowest BCUT2D eigenvalue weighted by atomic mass is 9.91. The summed E-state index contributed by atoms with van der Waals surface area (Å²) in [6.07, 6.45) is 4.24. The van der Waals surface area contributed by atoms with Gasteiger partial charge in [-0.3, -0.25) is 9.69 Å². The molecule has 0 aromatic carbocycles. The highest BCUT2D eigenvalue weighted by atomic mass is 16.5. The molecular formula is C17H33N3O3. The molecule has 23 heavy (non-hydrogen) atoms. The van der Waals surface area contributed by atoms with Crippen molar-refractivity contribution in [1.82, 2.24) is 15.5 Å². The van der Waals surface area contributed by atoms with Crippen LogP contribution in [0.25, 0.3) is 0 Å². The van der Waals surface area contributed by atoms with Crippen LogP contribution in [0.1, 0.15) is 39.5 Å². The molecule has 0 aromatic rings. The lowest BCUT2D eigenvalue weighted by Gasteiger charge is -2.35. The number of unbranched alkanes of at least 4 members (excludes halogenated alkanes) is 1. The first-order valence-corrected chi connectivity index (χ1v) is 8.98. The van der Waals surface area contributed by atoms with Gasteiger partial charge in [0.1, 0.15) is 5.60 Å². The molecule has 2 rings (SSSR count). The van der Waals surface area contributed by atoms with Crippen molar-refractivity contribution >= 4 is 5.91 Å². The van der Waals surface area contributed by atoms with Gasteiger partial charge in [0, 0.05) is 26.7 Å². The zero-order valence-corrected chi connectivity index (χ0v) is 14.9. The van der Waals surface area contributed by atoms with Gasteiger partial charge in [0.05, 0.1) is 12.2 Å². The second-order valence-corrected chi connectivity index (χ2v) is 6.93. The third-order valence-electron chi connectivity index (χ3n) is 4.90. The summed E-state index contributed by atoms with van der Waals surface area (Å²) in [6, 6.07) is 0. The minimum absolute atomic E-state index is 0.0510. The number of hydrogen-bond donors (Lipinski definition) is 2. The van der Waals surface area contributed by atoms with Gasteiger partial charge in [0.15, 0.2) is 0 Å². The van der Waals surface area contributed by atoms with Crippen molar-refractivity contribution in [3.05, 3.63) is 0 Å². The predicted molar refractivity (Wildman–Crippen MR) is 90.5 cm³/mol. The lowest BCUT2D eigenvalue weighted by molar-refractivity contribution is -0.146. The first kappa shape index (κ1) is 18.6. The Morgan fingerprint density at radius 3 is 2.52 bits per heavy atom. The highest BCUT2D eigenvalue weighted by Crippen LogP contribution is 2.22. The number of morpholine rings is 1. The Balaban J connectivity index is 1.62. The lowest BCUT2D eigenvalue weighted by Crippen LogP contribution is -2.54. The quantitative estimate of drug-likeness (QED) is 0.676. The summed E-state index contributed by atoms with van der Waals surface area (Å²) in [4.78, 5) is 14.9. The number of carbonyl (C=O) groups is 1. The molecule has 0 radical (unpaired) electrons. The third kappa shape index (κ3) is 5.41. The van der Waals surface area contributed by atoms with E-state index in [4.69, 9.17) is 9.47 Å². The average molecular weight is 327 g/mol. The Morgan fingerprint density at radius 1 is 1.26 bits per heavy atom. The molecule has 0 saturated carbocycles. The summed E-state index contributed by atoms with van der Waals surface area (Å²) >= 11 is 0. The number of rotatable bonds is 7. The van der Waals surface area contributed by atoms with Crippen LogP contribution in [-0.4, -0.2) is 75.0 Å². The SMILES string of the molecule is COC1(C(=O)NCCCCN2CC(C)OC(C)C2)CCNCC1. The smallest absolute Gasteiger partial charge is 0.252 e. The normalized spacial score (nSPS) is 28.5. The van der Waals surface area contributed by atoms with Gasteiger partial charge in [-0.05, 0) is 59.2 Å². The van der Waals surface area contributed by atoms with Crippen LogP contribution in [0.2, 0.25) is 0 Å². The molecule has 0 spiro atoms. The van der Waals surface area contributed by atoms with Crippen molar-refractivity contribution in [3.8, 4) is 0 Å². The van der Waals surface area contributed by atoms with Gasteiger partial charge in [-0.2, -0.15) is 0 Å². The number of piperidine rings is 1. The zero-order chi connectivity index (χ0) is 16.7. The maximum Gasteiger partial charge on any atom is 0.252 e. The number of methoxy groups -OCH3 is 1. The molecule has 2 saturated heterocycles. The van der Waals surface area contributed by atoms with Gasteiger partial charge >= 0.3 is 0 Å². The Bertz CT molecular complexity index is 362. The molecule has 1 amide bonds. The fraction of sp³-hybridized carbons (Fsp3) is 0.941.